The summed E-state index contributed by atoms with van der Waals surface area (Å²) in [6.07, 6.45) is 9.28. The molecule has 5 rings (SSSR count). The normalized spacial score (nSPS) is 35.1. The molecular weight excluding hydrogens is 496 g/mol. The maximum absolute atomic E-state index is 14.5. The zero-order chi connectivity index (χ0) is 26.5. The van der Waals surface area contributed by atoms with Crippen LogP contribution >= 0.6 is 11.6 Å². The summed E-state index contributed by atoms with van der Waals surface area (Å²) in [7, 11) is 0. The monoisotopic (exact) mass is 528 g/mol. The predicted molar refractivity (Wildman–Crippen MR) is 138 cm³/mol. The van der Waals surface area contributed by atoms with E-state index in [-0.39, 0.29) is 25.7 Å². The number of aryl methyl sites for hydroxylation is 1. The van der Waals surface area contributed by atoms with Crippen molar-refractivity contribution in [1.82, 2.24) is 4.90 Å². The second-order valence-corrected chi connectivity index (χ2v) is 10.8. The van der Waals surface area contributed by atoms with Crippen LogP contribution in [0.5, 0.6) is 0 Å². The quantitative estimate of drug-likeness (QED) is 0.476. The molecule has 0 radical (unpaired) electrons. The molecule has 4 heterocycles. The number of rotatable bonds is 4. The number of carbonyl (C=O) groups excluding carboxylic acids is 3. The fraction of sp³-hybridized carbons (Fsp3) is 0.536. The molecule has 2 amide bonds. The van der Waals surface area contributed by atoms with Gasteiger partial charge in [-0.05, 0) is 44.7 Å². The molecule has 4 aliphatic rings. The molecule has 1 unspecified atom stereocenters. The van der Waals surface area contributed by atoms with Crippen LogP contribution in [0, 0.1) is 18.8 Å². The first-order valence-corrected chi connectivity index (χ1v) is 13.3. The summed E-state index contributed by atoms with van der Waals surface area (Å²) in [4.78, 5) is 45.2. The van der Waals surface area contributed by atoms with Crippen molar-refractivity contribution in [3.05, 3.63) is 53.1 Å². The van der Waals surface area contributed by atoms with Crippen LogP contribution < -0.4 is 4.90 Å². The molecule has 0 bridgehead atoms. The van der Waals surface area contributed by atoms with Gasteiger partial charge >= 0.3 is 5.97 Å². The molecule has 0 aliphatic carbocycles. The van der Waals surface area contributed by atoms with Gasteiger partial charge in [0.05, 0.1) is 35.9 Å². The Kier molecular flexibility index (Phi) is 6.71. The van der Waals surface area contributed by atoms with Crippen molar-refractivity contribution in [1.29, 1.82) is 0 Å². The highest BCUT2D eigenvalue weighted by Gasteiger charge is 2.75. The van der Waals surface area contributed by atoms with Gasteiger partial charge in [-0.3, -0.25) is 14.4 Å². The molecule has 2 saturated heterocycles. The average molecular weight is 529 g/mol. The zero-order valence-electron chi connectivity index (χ0n) is 21.4. The Balaban J connectivity index is 1.71. The van der Waals surface area contributed by atoms with E-state index in [0.29, 0.717) is 30.0 Å². The second kappa shape index (κ2) is 9.57. The number of halogens is 1. The summed E-state index contributed by atoms with van der Waals surface area (Å²) in [5.74, 6) is -3.16. The average Bonchev–Trinajstić information content (AvgIpc) is 3.26. The number of cyclic esters (lactones) is 1. The van der Waals surface area contributed by atoms with E-state index < -0.39 is 47.0 Å². The highest BCUT2D eigenvalue weighted by molar-refractivity contribution is 6.34. The molecule has 9 heteroatoms. The first-order valence-electron chi connectivity index (χ1n) is 12.9. The minimum absolute atomic E-state index is 0.220. The number of nitrogens with zero attached hydrogens (tertiary/aromatic N) is 2. The fourth-order valence-electron chi connectivity index (χ4n) is 6.54. The van der Waals surface area contributed by atoms with Crippen LogP contribution in [0.2, 0.25) is 5.02 Å². The van der Waals surface area contributed by atoms with Gasteiger partial charge in [-0.2, -0.15) is 0 Å². The lowest BCUT2D eigenvalue weighted by atomic mass is 9.73. The minimum atomic E-state index is -1.41. The Morgan fingerprint density at radius 1 is 1.16 bits per heavy atom. The van der Waals surface area contributed by atoms with Gasteiger partial charge in [0.15, 0.2) is 0 Å². The van der Waals surface area contributed by atoms with E-state index in [1.165, 1.54) is 4.90 Å². The van der Waals surface area contributed by atoms with Gasteiger partial charge in [-0.25, -0.2) is 0 Å². The van der Waals surface area contributed by atoms with E-state index >= 15 is 0 Å². The second-order valence-electron chi connectivity index (χ2n) is 10.4. The number of hydrogen-bond donors (Lipinski definition) is 1. The third-order valence-corrected chi connectivity index (χ3v) is 8.57. The van der Waals surface area contributed by atoms with Crippen molar-refractivity contribution in [3.63, 3.8) is 0 Å². The molecule has 4 aliphatic heterocycles. The lowest BCUT2D eigenvalue weighted by Gasteiger charge is -2.40. The Labute approximate surface area is 221 Å². The number of hydrogen-bond acceptors (Lipinski definition) is 6. The van der Waals surface area contributed by atoms with E-state index in [0.717, 1.165) is 5.56 Å². The molecule has 37 heavy (non-hydrogen) atoms. The summed E-state index contributed by atoms with van der Waals surface area (Å²) in [6, 6.07) is 3.65. The summed E-state index contributed by atoms with van der Waals surface area (Å²) < 4.78 is 12.5. The number of fused-ring (bicyclic) bond motifs is 2. The Hall–Kier alpha value is -2.68. The number of amides is 2. The Morgan fingerprint density at radius 2 is 1.95 bits per heavy atom. The van der Waals surface area contributed by atoms with E-state index in [4.69, 9.17) is 21.1 Å². The predicted octanol–water partition coefficient (Wildman–Crippen LogP) is 3.19. The van der Waals surface area contributed by atoms with Gasteiger partial charge in [0.1, 0.15) is 23.2 Å². The molecule has 1 spiro atoms. The fourth-order valence-corrected chi connectivity index (χ4v) is 6.87. The summed E-state index contributed by atoms with van der Waals surface area (Å²) in [6.45, 7) is 5.60. The van der Waals surface area contributed by atoms with Crippen molar-refractivity contribution in [2.75, 3.05) is 24.7 Å². The molecule has 198 valence electrons. The maximum Gasteiger partial charge on any atom is 0.313 e. The maximum atomic E-state index is 14.5. The number of allylic oxidation sites excluding steroid dienone is 1. The van der Waals surface area contributed by atoms with Crippen molar-refractivity contribution in [2.45, 2.75) is 63.3 Å². The van der Waals surface area contributed by atoms with Crippen LogP contribution in [0.3, 0.4) is 0 Å². The topological polar surface area (TPSA) is 96.4 Å². The summed E-state index contributed by atoms with van der Waals surface area (Å²) in [5.41, 5.74) is -1.14. The van der Waals surface area contributed by atoms with Crippen LogP contribution in [-0.2, 0) is 23.9 Å². The lowest BCUT2D eigenvalue weighted by molar-refractivity contribution is -0.160. The van der Waals surface area contributed by atoms with E-state index in [1.54, 1.807) is 24.0 Å². The number of aliphatic hydroxyl groups is 1. The molecule has 8 nitrogen and oxygen atoms in total. The summed E-state index contributed by atoms with van der Waals surface area (Å²) in [5, 5.41) is 10.5. The number of esters is 1. The van der Waals surface area contributed by atoms with E-state index in [2.05, 4.69) is 0 Å². The highest BCUT2D eigenvalue weighted by atomic mass is 35.5. The molecular formula is C28H33ClN2O6. The Morgan fingerprint density at radius 3 is 2.65 bits per heavy atom. The van der Waals surface area contributed by atoms with Gasteiger partial charge in [0.25, 0.3) is 5.91 Å². The molecule has 1 N–H and O–H groups in total. The standard InChI is InChI=1S/C28H33ClN2O6/c1-4-27-12-6-5-7-15-36-26(35)21(27)20-24(33)31(18(3)16-32)23-25(34)30(14-9-13-28(20,23)37-27)22-17(2)10-8-11-19(22)29/h6,8-13,18,20-21,23,32H,4-5,7,14-16H2,1-3H3/b12-6-/t18-,20+,21-,23?,27+,28+/m1/s1. The van der Waals surface area contributed by atoms with Crippen molar-refractivity contribution in [2.24, 2.45) is 11.8 Å². The number of para-hydroxylation sites is 1. The van der Waals surface area contributed by atoms with Gasteiger partial charge in [0.2, 0.25) is 5.91 Å². The zero-order valence-corrected chi connectivity index (χ0v) is 22.1. The van der Waals surface area contributed by atoms with Gasteiger partial charge in [-0.15, -0.1) is 0 Å². The molecule has 0 saturated carbocycles. The highest BCUT2D eigenvalue weighted by Crippen LogP contribution is 2.58. The number of carbonyl (C=O) groups is 3. The third kappa shape index (κ3) is 3.75. The summed E-state index contributed by atoms with van der Waals surface area (Å²) >= 11 is 6.56. The van der Waals surface area contributed by atoms with E-state index in [1.807, 2.05) is 44.2 Å². The van der Waals surface area contributed by atoms with Crippen LogP contribution in [-0.4, -0.2) is 70.8 Å². The van der Waals surface area contributed by atoms with Crippen molar-refractivity contribution in [3.8, 4) is 0 Å². The number of aliphatic hydroxyl groups excluding tert-OH is 1. The first-order chi connectivity index (χ1) is 17.7. The van der Waals surface area contributed by atoms with Crippen LogP contribution in [0.1, 0.15) is 38.7 Å². The SMILES string of the molecule is CC[C@]12/C=C\CCCOC(=O)[C@H]1[C@H]1C(=O)N([C@H](C)CO)C3C(=O)N(c4c(C)cccc4Cl)CC=C[C@@]31O2. The largest absolute Gasteiger partial charge is 0.465 e. The van der Waals surface area contributed by atoms with Gasteiger partial charge < -0.3 is 24.4 Å². The molecule has 2 fully saturated rings. The molecule has 0 aromatic heterocycles. The Bertz CT molecular complexity index is 1160. The van der Waals surface area contributed by atoms with Crippen molar-refractivity contribution < 1.29 is 29.0 Å². The molecule has 6 atom stereocenters. The number of anilines is 1. The van der Waals surface area contributed by atoms with Gasteiger partial charge in [-0.1, -0.05) is 55.0 Å². The smallest absolute Gasteiger partial charge is 0.313 e. The third-order valence-electron chi connectivity index (χ3n) is 8.27. The van der Waals surface area contributed by atoms with Gasteiger partial charge in [0, 0.05) is 6.54 Å². The first kappa shape index (κ1) is 25.9. The number of benzene rings is 1. The molecule has 1 aromatic carbocycles. The lowest BCUT2D eigenvalue weighted by Crippen LogP contribution is -2.58. The number of likely N-dealkylation sites (tertiary alicyclic amines) is 1. The van der Waals surface area contributed by atoms with Crippen LogP contribution in [0.4, 0.5) is 5.69 Å². The minimum Gasteiger partial charge on any atom is -0.465 e. The van der Waals surface area contributed by atoms with E-state index in [9.17, 15) is 19.5 Å². The van der Waals surface area contributed by atoms with Crippen molar-refractivity contribution >= 4 is 35.1 Å². The molecule has 1 aromatic rings. The van der Waals surface area contributed by atoms with Crippen LogP contribution in [0.25, 0.3) is 0 Å². The number of ether oxygens (including phenoxy) is 2. The van der Waals surface area contributed by atoms with Crippen LogP contribution in [0.15, 0.2) is 42.5 Å².